The number of hydrogen-bond donors (Lipinski definition) is 1. The van der Waals surface area contributed by atoms with E-state index in [2.05, 4.69) is 20.6 Å². The van der Waals surface area contributed by atoms with Gasteiger partial charge in [-0.2, -0.15) is 5.21 Å². The number of hydrogen-bond acceptors (Lipinski definition) is 4. The summed E-state index contributed by atoms with van der Waals surface area (Å²) in [6.07, 6.45) is 0.628. The quantitative estimate of drug-likeness (QED) is 0.774. The van der Waals surface area contributed by atoms with Crippen LogP contribution in [0.3, 0.4) is 0 Å². The largest absolute Gasteiger partial charge is 0.484 e. The van der Waals surface area contributed by atoms with Crippen molar-refractivity contribution in [2.45, 2.75) is 12.5 Å². The molecule has 1 atom stereocenters. The Morgan fingerprint density at radius 2 is 2.09 bits per heavy atom. The van der Waals surface area contributed by atoms with Crippen molar-refractivity contribution in [3.63, 3.8) is 0 Å². The van der Waals surface area contributed by atoms with Crippen molar-refractivity contribution in [1.29, 1.82) is 0 Å². The van der Waals surface area contributed by atoms with Crippen LogP contribution in [0.5, 0.6) is 5.75 Å². The van der Waals surface area contributed by atoms with Gasteiger partial charge in [0.15, 0.2) is 0 Å². The lowest BCUT2D eigenvalue weighted by Crippen LogP contribution is -2.03. The van der Waals surface area contributed by atoms with Gasteiger partial charge in [-0.25, -0.2) is 0 Å². The molecule has 0 saturated carbocycles. The van der Waals surface area contributed by atoms with Gasteiger partial charge in [-0.15, -0.1) is 10.2 Å². The lowest BCUT2D eigenvalue weighted by atomic mass is 10.0. The smallest absolute Gasteiger partial charge is 0.204 e. The first-order valence-electron chi connectivity index (χ1n) is 6.69. The maximum atomic E-state index is 6.20. The van der Waals surface area contributed by atoms with E-state index in [1.165, 1.54) is 0 Å². The van der Waals surface area contributed by atoms with Gasteiger partial charge in [-0.05, 0) is 29.0 Å². The molecule has 0 spiro atoms. The Bertz CT molecular complexity index is 836. The molecular weight excluding hydrogens is 323 g/mol. The number of fused-ring (bicyclic) bond motifs is 1. The highest BCUT2D eigenvalue weighted by Crippen LogP contribution is 2.43. The summed E-state index contributed by atoms with van der Waals surface area (Å²) in [5.74, 6) is 1.26. The number of aromatic nitrogens is 4. The highest BCUT2D eigenvalue weighted by molar-refractivity contribution is 6.35. The first-order chi connectivity index (χ1) is 10.7. The average molecular weight is 333 g/mol. The summed E-state index contributed by atoms with van der Waals surface area (Å²) in [5, 5.41) is 15.2. The van der Waals surface area contributed by atoms with Crippen LogP contribution in [-0.4, -0.2) is 20.6 Å². The zero-order valence-corrected chi connectivity index (χ0v) is 12.8. The molecule has 2 heterocycles. The highest BCUT2D eigenvalue weighted by Gasteiger charge is 2.27. The lowest BCUT2D eigenvalue weighted by Gasteiger charge is -2.12. The van der Waals surface area contributed by atoms with Crippen LogP contribution in [-0.2, 0) is 6.42 Å². The first-order valence-corrected chi connectivity index (χ1v) is 7.44. The van der Waals surface area contributed by atoms with Crippen LogP contribution in [0.4, 0.5) is 0 Å². The molecule has 5 nitrogen and oxygen atoms in total. The van der Waals surface area contributed by atoms with Crippen molar-refractivity contribution in [3.05, 3.63) is 57.6 Å². The minimum atomic E-state index is -0.0992. The van der Waals surface area contributed by atoms with Gasteiger partial charge >= 0.3 is 0 Å². The standard InChI is InChI=1S/C15H10Cl2N4O/c16-11-5-10-6-13(22-14(10)12(17)7-11)8-2-1-3-9(4-8)15-18-20-21-19-15/h1-5,7,13H,6H2,(H,18,19,20,21). The van der Waals surface area contributed by atoms with Gasteiger partial charge in [-0.1, -0.05) is 41.4 Å². The number of H-pyrrole nitrogens is 1. The van der Waals surface area contributed by atoms with E-state index in [4.69, 9.17) is 27.9 Å². The fourth-order valence-corrected chi connectivity index (χ4v) is 3.21. The zero-order valence-electron chi connectivity index (χ0n) is 11.3. The third kappa shape index (κ3) is 2.32. The van der Waals surface area contributed by atoms with Crippen molar-refractivity contribution < 1.29 is 4.74 Å². The third-order valence-corrected chi connectivity index (χ3v) is 4.11. The summed E-state index contributed by atoms with van der Waals surface area (Å²) in [6.45, 7) is 0. The molecule has 2 aromatic carbocycles. The minimum absolute atomic E-state index is 0.0992. The Kier molecular flexibility index (Phi) is 3.24. The molecule has 0 aliphatic carbocycles. The van der Waals surface area contributed by atoms with E-state index in [1.54, 1.807) is 6.07 Å². The number of tetrazole rings is 1. The van der Waals surface area contributed by atoms with E-state index in [-0.39, 0.29) is 6.10 Å². The fraction of sp³-hybridized carbons (Fsp3) is 0.133. The minimum Gasteiger partial charge on any atom is -0.484 e. The van der Waals surface area contributed by atoms with E-state index in [9.17, 15) is 0 Å². The predicted molar refractivity (Wildman–Crippen MR) is 83.1 cm³/mol. The van der Waals surface area contributed by atoms with Gasteiger partial charge in [0.1, 0.15) is 11.9 Å². The van der Waals surface area contributed by atoms with E-state index < -0.39 is 0 Å². The second-order valence-corrected chi connectivity index (χ2v) is 5.89. The molecule has 1 aliphatic rings. The maximum absolute atomic E-state index is 6.20. The fourth-order valence-electron chi connectivity index (χ4n) is 2.63. The highest BCUT2D eigenvalue weighted by atomic mass is 35.5. The molecule has 0 saturated heterocycles. The zero-order chi connectivity index (χ0) is 15.1. The van der Waals surface area contributed by atoms with Crippen LogP contribution in [0.1, 0.15) is 17.2 Å². The van der Waals surface area contributed by atoms with Crippen LogP contribution in [0, 0.1) is 0 Å². The molecule has 1 N–H and O–H groups in total. The molecule has 0 amide bonds. The molecule has 7 heteroatoms. The second kappa shape index (κ2) is 5.26. The van der Waals surface area contributed by atoms with Gasteiger partial charge in [0.05, 0.1) is 5.02 Å². The van der Waals surface area contributed by atoms with Crippen LogP contribution in [0.25, 0.3) is 11.4 Å². The molecule has 22 heavy (non-hydrogen) atoms. The summed E-state index contributed by atoms with van der Waals surface area (Å²) in [7, 11) is 0. The molecule has 0 bridgehead atoms. The lowest BCUT2D eigenvalue weighted by molar-refractivity contribution is 0.239. The van der Waals surface area contributed by atoms with E-state index in [0.717, 1.165) is 23.1 Å². The van der Waals surface area contributed by atoms with Crippen molar-refractivity contribution in [1.82, 2.24) is 20.6 Å². The Hall–Kier alpha value is -2.11. The molecule has 1 aromatic heterocycles. The van der Waals surface area contributed by atoms with Crippen LogP contribution >= 0.6 is 23.2 Å². The topological polar surface area (TPSA) is 63.7 Å². The van der Waals surface area contributed by atoms with Gasteiger partial charge < -0.3 is 4.74 Å². The van der Waals surface area contributed by atoms with Crippen molar-refractivity contribution >= 4 is 23.2 Å². The summed E-state index contributed by atoms with van der Waals surface area (Å²) in [5.41, 5.74) is 2.94. The Morgan fingerprint density at radius 1 is 1.18 bits per heavy atom. The second-order valence-electron chi connectivity index (χ2n) is 5.05. The van der Waals surface area contributed by atoms with Gasteiger partial charge in [0, 0.05) is 22.6 Å². The number of benzene rings is 2. The van der Waals surface area contributed by atoms with Crippen LogP contribution in [0.2, 0.25) is 10.0 Å². The molecule has 0 fully saturated rings. The molecule has 3 aromatic rings. The number of rotatable bonds is 2. The van der Waals surface area contributed by atoms with E-state index in [0.29, 0.717) is 21.6 Å². The average Bonchev–Trinajstić information content (AvgIpc) is 3.16. The first kappa shape index (κ1) is 13.5. The molecule has 110 valence electrons. The molecule has 1 unspecified atom stereocenters. The van der Waals surface area contributed by atoms with Gasteiger partial charge in [0.2, 0.25) is 5.82 Å². The van der Waals surface area contributed by atoms with Crippen molar-refractivity contribution in [3.8, 4) is 17.1 Å². The Labute approximate surface area is 136 Å². The summed E-state index contributed by atoms with van der Waals surface area (Å²) < 4.78 is 6.00. The molecule has 1 aliphatic heterocycles. The van der Waals surface area contributed by atoms with Gasteiger partial charge in [-0.3, -0.25) is 0 Å². The number of nitrogens with zero attached hydrogens (tertiary/aromatic N) is 3. The van der Waals surface area contributed by atoms with Crippen molar-refractivity contribution in [2.75, 3.05) is 0 Å². The number of ether oxygens (including phenoxy) is 1. The monoisotopic (exact) mass is 332 g/mol. The Balaban J connectivity index is 1.67. The van der Waals surface area contributed by atoms with E-state index >= 15 is 0 Å². The van der Waals surface area contributed by atoms with Crippen molar-refractivity contribution in [2.24, 2.45) is 0 Å². The van der Waals surface area contributed by atoms with Gasteiger partial charge in [0.25, 0.3) is 0 Å². The molecular formula is C15H10Cl2N4O. The third-order valence-electron chi connectivity index (χ3n) is 3.61. The number of aromatic amines is 1. The summed E-state index contributed by atoms with van der Waals surface area (Å²) in [6, 6.07) is 11.5. The van der Waals surface area contributed by atoms with Crippen LogP contribution in [0.15, 0.2) is 36.4 Å². The molecule has 4 rings (SSSR count). The number of halogens is 2. The summed E-state index contributed by atoms with van der Waals surface area (Å²) >= 11 is 12.2. The molecule has 0 radical (unpaired) electrons. The van der Waals surface area contributed by atoms with Crippen LogP contribution < -0.4 is 4.74 Å². The number of nitrogens with one attached hydrogen (secondary N) is 1. The Morgan fingerprint density at radius 3 is 2.91 bits per heavy atom. The summed E-state index contributed by atoms with van der Waals surface area (Å²) in [4.78, 5) is 0. The SMILES string of the molecule is Clc1cc(Cl)c2c(c1)CC(c1cccc(-c3nn[nH]n3)c1)O2. The predicted octanol–water partition coefficient (Wildman–Crippen LogP) is 3.85. The van der Waals surface area contributed by atoms with E-state index in [1.807, 2.05) is 30.3 Å². The normalized spacial score (nSPS) is 16.4. The maximum Gasteiger partial charge on any atom is 0.204 e.